The first-order valence-corrected chi connectivity index (χ1v) is 5.40. The second kappa shape index (κ2) is 4.30. The van der Waals surface area contributed by atoms with E-state index in [-0.39, 0.29) is 0 Å². The van der Waals surface area contributed by atoms with Crippen molar-refractivity contribution < 1.29 is 0 Å². The summed E-state index contributed by atoms with van der Waals surface area (Å²) in [6.45, 7) is 4.28. The van der Waals surface area contributed by atoms with Crippen molar-refractivity contribution >= 4 is 11.4 Å². The Morgan fingerprint density at radius 1 is 1.27 bits per heavy atom. The summed E-state index contributed by atoms with van der Waals surface area (Å²) in [4.78, 5) is 4.40. The van der Waals surface area contributed by atoms with Crippen LogP contribution in [-0.2, 0) is 0 Å². The van der Waals surface area contributed by atoms with Crippen molar-refractivity contribution in [3.05, 3.63) is 42.1 Å². The summed E-state index contributed by atoms with van der Waals surface area (Å²) in [5.41, 5.74) is 2.50. The van der Waals surface area contributed by atoms with Gasteiger partial charge in [0.15, 0.2) is 0 Å². The summed E-state index contributed by atoms with van der Waals surface area (Å²) < 4.78 is 0. The van der Waals surface area contributed by atoms with E-state index in [0.717, 1.165) is 12.3 Å². The van der Waals surface area contributed by atoms with Crippen LogP contribution in [0.15, 0.2) is 41.5 Å². The second-order valence-electron chi connectivity index (χ2n) is 3.75. The number of hydrogen-bond donors (Lipinski definition) is 1. The molecule has 2 heteroatoms. The van der Waals surface area contributed by atoms with Gasteiger partial charge in [0.1, 0.15) is 5.84 Å². The molecule has 0 bridgehead atoms. The molecule has 0 spiro atoms. The van der Waals surface area contributed by atoms with Crippen LogP contribution in [0.25, 0.3) is 5.57 Å². The predicted molar refractivity (Wildman–Crippen MR) is 64.7 cm³/mol. The third kappa shape index (κ3) is 2.09. The van der Waals surface area contributed by atoms with E-state index in [9.17, 15) is 0 Å². The summed E-state index contributed by atoms with van der Waals surface area (Å²) in [7, 11) is 0. The van der Waals surface area contributed by atoms with Crippen LogP contribution in [-0.4, -0.2) is 11.9 Å². The van der Waals surface area contributed by atoms with Crippen LogP contribution >= 0.6 is 0 Å². The number of amidine groups is 1. The quantitative estimate of drug-likeness (QED) is 0.780. The van der Waals surface area contributed by atoms with E-state index in [2.05, 4.69) is 48.4 Å². The van der Waals surface area contributed by atoms with Crippen molar-refractivity contribution in [3.8, 4) is 0 Å². The van der Waals surface area contributed by atoms with Crippen LogP contribution in [0.3, 0.4) is 0 Å². The van der Waals surface area contributed by atoms with Gasteiger partial charge in [-0.25, -0.2) is 4.99 Å². The molecule has 1 heterocycles. The fourth-order valence-corrected chi connectivity index (χ4v) is 1.77. The molecule has 1 N–H and O–H groups in total. The minimum Gasteiger partial charge on any atom is -0.367 e. The summed E-state index contributed by atoms with van der Waals surface area (Å²) in [6, 6.07) is 10.7. The fraction of sp³-hybridized carbons (Fsp3) is 0.308. The molecule has 0 saturated heterocycles. The van der Waals surface area contributed by atoms with Crippen LogP contribution in [0.1, 0.15) is 25.8 Å². The summed E-state index contributed by atoms with van der Waals surface area (Å²) in [5, 5.41) is 3.40. The third-order valence-electron chi connectivity index (χ3n) is 2.65. The first-order chi connectivity index (χ1) is 7.31. The Morgan fingerprint density at radius 2 is 2.00 bits per heavy atom. The van der Waals surface area contributed by atoms with Crippen LogP contribution < -0.4 is 5.32 Å². The number of nitrogens with zero attached hydrogens (tertiary/aromatic N) is 1. The first-order valence-electron chi connectivity index (χ1n) is 5.40. The molecule has 0 aliphatic carbocycles. The molecule has 78 valence electrons. The van der Waals surface area contributed by atoms with Gasteiger partial charge in [-0.2, -0.15) is 0 Å². The Morgan fingerprint density at radius 3 is 2.60 bits per heavy atom. The fourth-order valence-electron chi connectivity index (χ4n) is 1.77. The van der Waals surface area contributed by atoms with Crippen molar-refractivity contribution in [2.24, 2.45) is 4.99 Å². The normalized spacial score (nSPS) is 20.3. The minimum absolute atomic E-state index is 0.347. The lowest BCUT2D eigenvalue weighted by molar-refractivity contribution is 0.793. The lowest BCUT2D eigenvalue weighted by atomic mass is 9.99. The summed E-state index contributed by atoms with van der Waals surface area (Å²) in [6.07, 6.45) is 2.94. The Labute approximate surface area is 90.7 Å². The van der Waals surface area contributed by atoms with E-state index in [0.29, 0.717) is 6.04 Å². The number of rotatable bonds is 2. The van der Waals surface area contributed by atoms with Gasteiger partial charge in [-0.05, 0) is 18.1 Å². The van der Waals surface area contributed by atoms with Gasteiger partial charge in [-0.15, -0.1) is 0 Å². The smallest absolute Gasteiger partial charge is 0.102 e. The average Bonchev–Trinajstić information content (AvgIpc) is 2.30. The predicted octanol–water partition coefficient (Wildman–Crippen LogP) is 2.83. The summed E-state index contributed by atoms with van der Waals surface area (Å²) >= 11 is 0. The summed E-state index contributed by atoms with van der Waals surface area (Å²) in [5.74, 6) is 1.07. The van der Waals surface area contributed by atoms with Crippen molar-refractivity contribution in [1.29, 1.82) is 0 Å². The minimum atomic E-state index is 0.347. The lowest BCUT2D eigenvalue weighted by Gasteiger charge is -2.23. The van der Waals surface area contributed by atoms with Crippen molar-refractivity contribution in [2.45, 2.75) is 26.3 Å². The van der Waals surface area contributed by atoms with Gasteiger partial charge in [0.2, 0.25) is 0 Å². The van der Waals surface area contributed by atoms with E-state index in [1.54, 1.807) is 0 Å². The highest BCUT2D eigenvalue weighted by molar-refractivity contribution is 5.88. The van der Waals surface area contributed by atoms with Crippen LogP contribution in [0.2, 0.25) is 0 Å². The highest BCUT2D eigenvalue weighted by atomic mass is 15.0. The van der Waals surface area contributed by atoms with E-state index in [1.807, 2.05) is 12.3 Å². The van der Waals surface area contributed by atoms with E-state index in [1.165, 1.54) is 11.1 Å². The van der Waals surface area contributed by atoms with Gasteiger partial charge < -0.3 is 5.32 Å². The van der Waals surface area contributed by atoms with E-state index in [4.69, 9.17) is 0 Å². The van der Waals surface area contributed by atoms with Gasteiger partial charge in [-0.1, -0.05) is 37.3 Å². The molecule has 1 atom stereocenters. The molecule has 2 rings (SSSR count). The molecule has 0 saturated carbocycles. The Hall–Kier alpha value is -1.57. The highest BCUT2D eigenvalue weighted by Crippen LogP contribution is 2.20. The van der Waals surface area contributed by atoms with Gasteiger partial charge in [0, 0.05) is 12.6 Å². The maximum Gasteiger partial charge on any atom is 0.102 e. The molecule has 1 aliphatic heterocycles. The zero-order valence-electron chi connectivity index (χ0n) is 9.20. The number of nitrogens with one attached hydrogen (secondary N) is 1. The van der Waals surface area contributed by atoms with Crippen molar-refractivity contribution in [2.75, 3.05) is 0 Å². The first kappa shape index (κ1) is 9.97. The zero-order chi connectivity index (χ0) is 10.7. The SMILES string of the molecule is CCC1=NC=C(c2ccccc2)C(C)N1. The van der Waals surface area contributed by atoms with Crippen LogP contribution in [0, 0.1) is 0 Å². The molecule has 0 amide bonds. The van der Waals surface area contributed by atoms with Gasteiger partial charge in [0.05, 0.1) is 6.04 Å². The monoisotopic (exact) mass is 200 g/mol. The molecule has 15 heavy (non-hydrogen) atoms. The number of hydrogen-bond acceptors (Lipinski definition) is 2. The molecule has 0 aromatic heterocycles. The molecular formula is C13H16N2. The van der Waals surface area contributed by atoms with Crippen molar-refractivity contribution in [3.63, 3.8) is 0 Å². The standard InChI is InChI=1S/C13H16N2/c1-3-13-14-9-12(10(2)15-13)11-7-5-4-6-8-11/h4-10H,3H2,1-2H3,(H,14,15). The van der Waals surface area contributed by atoms with Crippen LogP contribution in [0.4, 0.5) is 0 Å². The molecular weight excluding hydrogens is 184 g/mol. The molecule has 2 nitrogen and oxygen atoms in total. The van der Waals surface area contributed by atoms with Gasteiger partial charge >= 0.3 is 0 Å². The Balaban J connectivity index is 2.31. The lowest BCUT2D eigenvalue weighted by Crippen LogP contribution is -2.35. The van der Waals surface area contributed by atoms with Crippen LogP contribution in [0.5, 0.6) is 0 Å². The molecule has 1 aromatic rings. The topological polar surface area (TPSA) is 24.4 Å². The molecule has 1 aliphatic rings. The number of benzene rings is 1. The van der Waals surface area contributed by atoms with E-state index >= 15 is 0 Å². The van der Waals surface area contributed by atoms with Gasteiger partial charge in [0.25, 0.3) is 0 Å². The Bertz CT molecular complexity index is 390. The Kier molecular flexibility index (Phi) is 2.86. The van der Waals surface area contributed by atoms with Crippen molar-refractivity contribution in [1.82, 2.24) is 5.32 Å². The maximum absolute atomic E-state index is 4.40. The molecule has 0 fully saturated rings. The third-order valence-corrected chi connectivity index (χ3v) is 2.65. The van der Waals surface area contributed by atoms with Gasteiger partial charge in [-0.3, -0.25) is 0 Å². The zero-order valence-corrected chi connectivity index (χ0v) is 9.20. The second-order valence-corrected chi connectivity index (χ2v) is 3.75. The molecule has 1 aromatic carbocycles. The maximum atomic E-state index is 4.40. The average molecular weight is 200 g/mol. The largest absolute Gasteiger partial charge is 0.367 e. The molecule has 1 unspecified atom stereocenters. The molecule has 0 radical (unpaired) electrons. The number of aliphatic imine (C=N–C) groups is 1. The highest BCUT2D eigenvalue weighted by Gasteiger charge is 2.15. The van der Waals surface area contributed by atoms with E-state index < -0.39 is 0 Å².